The normalized spacial score (nSPS) is 22.0. The van der Waals surface area contributed by atoms with E-state index in [9.17, 15) is 9.59 Å². The molecule has 1 aromatic rings. The Morgan fingerprint density at radius 3 is 2.48 bits per heavy atom. The van der Waals surface area contributed by atoms with Crippen LogP contribution in [0.3, 0.4) is 0 Å². The average Bonchev–Trinajstić information content (AvgIpc) is 2.74. The number of hydrogen-bond donors (Lipinski definition) is 3. The van der Waals surface area contributed by atoms with Gasteiger partial charge in [0.2, 0.25) is 5.91 Å². The van der Waals surface area contributed by atoms with Gasteiger partial charge in [-0.2, -0.15) is 5.10 Å². The second-order valence-electron chi connectivity index (χ2n) is 5.59. The lowest BCUT2D eigenvalue weighted by molar-refractivity contribution is -0.122. The number of nitrogens with one attached hydrogen (secondary N) is 1. The molecule has 1 saturated carbocycles. The van der Waals surface area contributed by atoms with Crippen LogP contribution in [-0.2, 0) is 11.3 Å². The predicted molar refractivity (Wildman–Crippen MR) is 79.5 cm³/mol. The van der Waals surface area contributed by atoms with Gasteiger partial charge in [0.15, 0.2) is 0 Å². The summed E-state index contributed by atoms with van der Waals surface area (Å²) in [4.78, 5) is 23.5. The quantitative estimate of drug-likeness (QED) is 0.752. The Balaban J connectivity index is 2.01. The summed E-state index contributed by atoms with van der Waals surface area (Å²) in [5.74, 6) is -0.507. The highest BCUT2D eigenvalue weighted by atomic mass is 16.2. The second kappa shape index (κ2) is 6.15. The maximum Gasteiger partial charge on any atom is 0.271 e. The molecular formula is C14H23N5O2. The molecule has 1 aliphatic rings. The fraction of sp³-hybridized carbons (Fsp3) is 0.643. The van der Waals surface area contributed by atoms with E-state index < -0.39 is 0 Å². The summed E-state index contributed by atoms with van der Waals surface area (Å²) < 4.78 is 1.62. The molecule has 2 rings (SSSR count). The van der Waals surface area contributed by atoms with Gasteiger partial charge in [0.25, 0.3) is 5.91 Å². The average molecular weight is 293 g/mol. The summed E-state index contributed by atoms with van der Waals surface area (Å²) in [6.07, 6.45) is 2.97. The van der Waals surface area contributed by atoms with Crippen molar-refractivity contribution in [3.63, 3.8) is 0 Å². The molecule has 7 nitrogen and oxygen atoms in total. The van der Waals surface area contributed by atoms with Gasteiger partial charge in [-0.05, 0) is 39.5 Å². The number of carbonyl (C=O) groups excluding carboxylic acids is 2. The van der Waals surface area contributed by atoms with E-state index in [4.69, 9.17) is 11.5 Å². The molecule has 116 valence electrons. The number of aryl methyl sites for hydroxylation is 2. The van der Waals surface area contributed by atoms with Crippen molar-refractivity contribution in [3.8, 4) is 0 Å². The molecule has 0 unspecified atom stereocenters. The number of nitrogens with two attached hydrogens (primary N) is 2. The number of carbonyl (C=O) groups is 2. The van der Waals surface area contributed by atoms with Crippen molar-refractivity contribution < 1.29 is 9.59 Å². The number of rotatable bonds is 4. The molecular weight excluding hydrogens is 270 g/mol. The third-order valence-electron chi connectivity index (χ3n) is 4.15. The Hall–Kier alpha value is -2.05. The van der Waals surface area contributed by atoms with E-state index in [-0.39, 0.29) is 23.8 Å². The molecule has 0 bridgehead atoms. The van der Waals surface area contributed by atoms with E-state index in [2.05, 4.69) is 10.4 Å². The van der Waals surface area contributed by atoms with Crippen LogP contribution < -0.4 is 16.8 Å². The van der Waals surface area contributed by atoms with Crippen LogP contribution in [0.4, 0.5) is 5.69 Å². The fourth-order valence-electron chi connectivity index (χ4n) is 2.84. The standard InChI is InChI=1S/C14H23N5O2/c1-3-19-12(11(15)8(2)18-19)14(21)17-10-6-4-9(5-7-10)13(16)20/h9-10H,3-7,15H2,1-2H3,(H2,16,20)(H,17,21). The minimum absolute atomic E-state index is 0.0630. The zero-order valence-corrected chi connectivity index (χ0v) is 12.6. The van der Waals surface area contributed by atoms with Crippen molar-refractivity contribution in [2.24, 2.45) is 11.7 Å². The van der Waals surface area contributed by atoms with Gasteiger partial charge in [-0.15, -0.1) is 0 Å². The van der Waals surface area contributed by atoms with E-state index in [1.165, 1.54) is 0 Å². The van der Waals surface area contributed by atoms with Gasteiger partial charge >= 0.3 is 0 Å². The van der Waals surface area contributed by atoms with Crippen molar-refractivity contribution in [1.29, 1.82) is 0 Å². The largest absolute Gasteiger partial charge is 0.395 e. The first-order chi connectivity index (χ1) is 9.93. The number of anilines is 1. The van der Waals surface area contributed by atoms with Gasteiger partial charge in [-0.25, -0.2) is 0 Å². The van der Waals surface area contributed by atoms with Crippen molar-refractivity contribution in [3.05, 3.63) is 11.4 Å². The third kappa shape index (κ3) is 3.17. The lowest BCUT2D eigenvalue weighted by Gasteiger charge is -2.27. The zero-order valence-electron chi connectivity index (χ0n) is 12.6. The molecule has 1 aromatic heterocycles. The lowest BCUT2D eigenvalue weighted by Crippen LogP contribution is -2.40. The van der Waals surface area contributed by atoms with Gasteiger partial charge in [0, 0.05) is 18.5 Å². The number of amides is 2. The highest BCUT2D eigenvalue weighted by Crippen LogP contribution is 2.25. The number of nitrogens with zero attached hydrogens (tertiary/aromatic N) is 2. The van der Waals surface area contributed by atoms with E-state index in [1.807, 2.05) is 6.92 Å². The van der Waals surface area contributed by atoms with Gasteiger partial charge < -0.3 is 16.8 Å². The highest BCUT2D eigenvalue weighted by Gasteiger charge is 2.27. The maximum atomic E-state index is 12.4. The monoisotopic (exact) mass is 293 g/mol. The fourth-order valence-corrected chi connectivity index (χ4v) is 2.84. The molecule has 1 fully saturated rings. The zero-order chi connectivity index (χ0) is 15.6. The van der Waals surface area contributed by atoms with Gasteiger partial charge in [-0.1, -0.05) is 0 Å². The van der Waals surface area contributed by atoms with E-state index in [1.54, 1.807) is 11.6 Å². The minimum Gasteiger partial charge on any atom is -0.395 e. The summed E-state index contributed by atoms with van der Waals surface area (Å²) in [6, 6.07) is 0.0630. The molecule has 1 heterocycles. The van der Waals surface area contributed by atoms with Crippen LogP contribution in [0.1, 0.15) is 48.8 Å². The summed E-state index contributed by atoms with van der Waals surface area (Å²) in [5, 5.41) is 7.24. The Kier molecular flexibility index (Phi) is 4.50. The van der Waals surface area contributed by atoms with Crippen molar-refractivity contribution >= 4 is 17.5 Å². The first-order valence-electron chi connectivity index (χ1n) is 7.37. The summed E-state index contributed by atoms with van der Waals surface area (Å²) in [6.45, 7) is 4.30. The first kappa shape index (κ1) is 15.3. The molecule has 2 amide bonds. The van der Waals surface area contributed by atoms with Crippen molar-refractivity contribution in [2.45, 2.75) is 52.1 Å². The summed E-state index contributed by atoms with van der Waals surface area (Å²) >= 11 is 0. The lowest BCUT2D eigenvalue weighted by atomic mass is 9.85. The Labute approximate surface area is 124 Å². The van der Waals surface area contributed by atoms with Crippen LogP contribution in [0, 0.1) is 12.8 Å². The Bertz CT molecular complexity index is 544. The molecule has 0 aliphatic heterocycles. The van der Waals surface area contributed by atoms with Crippen LogP contribution in [0.15, 0.2) is 0 Å². The molecule has 0 atom stereocenters. The molecule has 21 heavy (non-hydrogen) atoms. The number of hydrogen-bond acceptors (Lipinski definition) is 4. The molecule has 0 radical (unpaired) electrons. The Morgan fingerprint density at radius 2 is 1.95 bits per heavy atom. The summed E-state index contributed by atoms with van der Waals surface area (Å²) in [7, 11) is 0. The number of nitrogen functional groups attached to an aromatic ring is 1. The van der Waals surface area contributed by atoms with Crippen LogP contribution in [0.5, 0.6) is 0 Å². The molecule has 7 heteroatoms. The molecule has 5 N–H and O–H groups in total. The smallest absolute Gasteiger partial charge is 0.271 e. The first-order valence-corrected chi connectivity index (χ1v) is 7.37. The molecule has 1 aliphatic carbocycles. The maximum absolute atomic E-state index is 12.4. The third-order valence-corrected chi connectivity index (χ3v) is 4.15. The van der Waals surface area contributed by atoms with Crippen molar-refractivity contribution in [1.82, 2.24) is 15.1 Å². The summed E-state index contributed by atoms with van der Waals surface area (Å²) in [5.41, 5.74) is 12.8. The van der Waals surface area contributed by atoms with Crippen LogP contribution in [0.25, 0.3) is 0 Å². The van der Waals surface area contributed by atoms with Crippen LogP contribution in [-0.4, -0.2) is 27.6 Å². The molecule has 0 aromatic carbocycles. The topological polar surface area (TPSA) is 116 Å². The number of primary amides is 1. The van der Waals surface area contributed by atoms with Crippen molar-refractivity contribution in [2.75, 3.05) is 5.73 Å². The minimum atomic E-state index is -0.247. The Morgan fingerprint density at radius 1 is 1.33 bits per heavy atom. The predicted octanol–water partition coefficient (Wildman–Crippen LogP) is 0.568. The van der Waals surface area contributed by atoms with E-state index in [0.29, 0.717) is 23.6 Å². The van der Waals surface area contributed by atoms with Crippen LogP contribution in [0.2, 0.25) is 0 Å². The van der Waals surface area contributed by atoms with Gasteiger partial charge in [0.1, 0.15) is 5.69 Å². The SMILES string of the molecule is CCn1nc(C)c(N)c1C(=O)NC1CCC(C(N)=O)CC1. The van der Waals surface area contributed by atoms with Gasteiger partial charge in [-0.3, -0.25) is 14.3 Å². The molecule has 0 saturated heterocycles. The second-order valence-corrected chi connectivity index (χ2v) is 5.59. The highest BCUT2D eigenvalue weighted by molar-refractivity contribution is 5.98. The van der Waals surface area contributed by atoms with E-state index in [0.717, 1.165) is 25.7 Å². The number of aromatic nitrogens is 2. The van der Waals surface area contributed by atoms with E-state index >= 15 is 0 Å². The van der Waals surface area contributed by atoms with Gasteiger partial charge in [0.05, 0.1) is 11.4 Å². The van der Waals surface area contributed by atoms with Crippen LogP contribution >= 0.6 is 0 Å². The molecule has 0 spiro atoms.